The molecule has 1 N–H and O–H groups in total. The van der Waals surface area contributed by atoms with E-state index in [0.29, 0.717) is 37.2 Å². The molecule has 0 saturated carbocycles. The second-order valence-electron chi connectivity index (χ2n) is 8.74. The third kappa shape index (κ3) is 5.67. The number of rotatable bonds is 6. The Morgan fingerprint density at radius 2 is 1.67 bits per heavy atom. The molecule has 5 heteroatoms. The van der Waals surface area contributed by atoms with Crippen LogP contribution in [0.4, 0.5) is 4.39 Å². The zero-order chi connectivity index (χ0) is 23.2. The lowest BCUT2D eigenvalue weighted by molar-refractivity contribution is -0.126. The molecular formula is C28H29FN2O2. The van der Waals surface area contributed by atoms with Gasteiger partial charge >= 0.3 is 0 Å². The van der Waals surface area contributed by atoms with Crippen molar-refractivity contribution in [3.63, 3.8) is 0 Å². The highest BCUT2D eigenvalue weighted by Gasteiger charge is 2.35. The summed E-state index contributed by atoms with van der Waals surface area (Å²) in [6.45, 7) is 3.17. The molecule has 170 valence electrons. The van der Waals surface area contributed by atoms with E-state index < -0.39 is 0 Å². The highest BCUT2D eigenvalue weighted by atomic mass is 19.1. The molecule has 0 radical (unpaired) electrons. The first-order valence-electron chi connectivity index (χ1n) is 11.4. The van der Waals surface area contributed by atoms with Gasteiger partial charge in [0.05, 0.1) is 5.92 Å². The predicted molar refractivity (Wildman–Crippen MR) is 127 cm³/mol. The summed E-state index contributed by atoms with van der Waals surface area (Å²) in [5, 5.41) is 3.06. The summed E-state index contributed by atoms with van der Waals surface area (Å²) in [4.78, 5) is 28.0. The number of piperidine rings is 1. The van der Waals surface area contributed by atoms with Gasteiger partial charge < -0.3 is 10.2 Å². The molecule has 1 aliphatic rings. The van der Waals surface area contributed by atoms with E-state index in [2.05, 4.69) is 5.32 Å². The Morgan fingerprint density at radius 1 is 0.970 bits per heavy atom. The molecule has 1 fully saturated rings. The van der Waals surface area contributed by atoms with Crippen LogP contribution < -0.4 is 5.32 Å². The van der Waals surface area contributed by atoms with Crippen LogP contribution in [0.25, 0.3) is 0 Å². The molecule has 4 rings (SSSR count). The molecule has 2 atom stereocenters. The minimum Gasteiger partial charge on any atom is -0.355 e. The van der Waals surface area contributed by atoms with Gasteiger partial charge in [-0.2, -0.15) is 0 Å². The molecule has 0 aromatic heterocycles. The number of likely N-dealkylation sites (tertiary alicyclic amines) is 1. The molecule has 4 nitrogen and oxygen atoms in total. The molecule has 0 spiro atoms. The molecule has 3 aromatic rings. The van der Waals surface area contributed by atoms with Gasteiger partial charge in [0.2, 0.25) is 5.91 Å². The molecule has 1 heterocycles. The van der Waals surface area contributed by atoms with Crippen molar-refractivity contribution >= 4 is 11.8 Å². The molecule has 0 unspecified atom stereocenters. The Morgan fingerprint density at radius 3 is 2.36 bits per heavy atom. The van der Waals surface area contributed by atoms with E-state index in [4.69, 9.17) is 0 Å². The number of aryl methyl sites for hydroxylation is 1. The normalized spacial score (nSPS) is 18.1. The number of carbonyl (C=O) groups excluding carboxylic acids is 2. The van der Waals surface area contributed by atoms with Gasteiger partial charge in [0.25, 0.3) is 5.91 Å². The Labute approximate surface area is 194 Å². The van der Waals surface area contributed by atoms with Crippen molar-refractivity contribution in [2.75, 3.05) is 19.6 Å². The first-order chi connectivity index (χ1) is 16.0. The zero-order valence-electron chi connectivity index (χ0n) is 18.8. The van der Waals surface area contributed by atoms with Crippen molar-refractivity contribution in [2.24, 2.45) is 5.92 Å². The second kappa shape index (κ2) is 10.4. The van der Waals surface area contributed by atoms with Crippen molar-refractivity contribution in [1.29, 1.82) is 0 Å². The zero-order valence-corrected chi connectivity index (χ0v) is 18.8. The fourth-order valence-corrected chi connectivity index (χ4v) is 4.50. The highest BCUT2D eigenvalue weighted by Crippen LogP contribution is 2.32. The standard InChI is InChI=1S/C28H29FN2O2/c1-20-16-23(12-13-26(20)29)24-17-25(27(32)30-15-14-21-8-4-2-5-9-21)19-31(18-24)28(33)22-10-6-3-7-11-22/h2-13,16,24-25H,14-15,17-19H2,1H3,(H,30,32)/t24-,25-/m0/s1. The quantitative estimate of drug-likeness (QED) is 0.597. The number of hydrogen-bond acceptors (Lipinski definition) is 2. The van der Waals surface area contributed by atoms with Gasteiger partial charge in [-0.3, -0.25) is 9.59 Å². The van der Waals surface area contributed by atoms with Gasteiger partial charge in [-0.1, -0.05) is 60.7 Å². The molecular weight excluding hydrogens is 415 g/mol. The third-order valence-corrected chi connectivity index (χ3v) is 6.34. The van der Waals surface area contributed by atoms with E-state index >= 15 is 0 Å². The van der Waals surface area contributed by atoms with Crippen LogP contribution >= 0.6 is 0 Å². The van der Waals surface area contributed by atoms with Crippen molar-refractivity contribution in [3.8, 4) is 0 Å². The largest absolute Gasteiger partial charge is 0.355 e. The van der Waals surface area contributed by atoms with Crippen LogP contribution in [0.5, 0.6) is 0 Å². The first-order valence-corrected chi connectivity index (χ1v) is 11.4. The van der Waals surface area contributed by atoms with Crippen LogP contribution in [0.2, 0.25) is 0 Å². The predicted octanol–water partition coefficient (Wildman–Crippen LogP) is 4.74. The van der Waals surface area contributed by atoms with E-state index in [1.54, 1.807) is 30.0 Å². The maximum Gasteiger partial charge on any atom is 0.253 e. The van der Waals surface area contributed by atoms with Crippen LogP contribution in [0.3, 0.4) is 0 Å². The van der Waals surface area contributed by atoms with Crippen LogP contribution in [-0.4, -0.2) is 36.3 Å². The number of nitrogens with zero attached hydrogens (tertiary/aromatic N) is 1. The minimum atomic E-state index is -0.322. The van der Waals surface area contributed by atoms with Crippen molar-refractivity contribution < 1.29 is 14.0 Å². The Bertz CT molecular complexity index is 1100. The summed E-state index contributed by atoms with van der Waals surface area (Å²) in [5.41, 5.74) is 3.31. The summed E-state index contributed by atoms with van der Waals surface area (Å²) in [5.74, 6) is -0.725. The number of amides is 2. The van der Waals surface area contributed by atoms with Gasteiger partial charge in [-0.05, 0) is 54.7 Å². The Balaban J connectivity index is 1.50. The van der Waals surface area contributed by atoms with E-state index in [0.717, 1.165) is 12.0 Å². The lowest BCUT2D eigenvalue weighted by atomic mass is 9.83. The van der Waals surface area contributed by atoms with Crippen LogP contribution in [0, 0.1) is 18.7 Å². The highest BCUT2D eigenvalue weighted by molar-refractivity contribution is 5.94. The van der Waals surface area contributed by atoms with Crippen molar-refractivity contribution in [2.45, 2.75) is 25.7 Å². The van der Waals surface area contributed by atoms with Gasteiger partial charge in [0.15, 0.2) is 0 Å². The number of carbonyl (C=O) groups is 2. The SMILES string of the molecule is Cc1cc([C@H]2C[C@H](C(=O)NCCc3ccccc3)CN(C(=O)c3ccccc3)C2)ccc1F. The summed E-state index contributed by atoms with van der Waals surface area (Å²) in [6, 6.07) is 24.2. The first kappa shape index (κ1) is 22.7. The van der Waals surface area contributed by atoms with Gasteiger partial charge in [-0.15, -0.1) is 0 Å². The number of benzene rings is 3. The van der Waals surface area contributed by atoms with E-state index in [1.807, 2.05) is 54.6 Å². The van der Waals surface area contributed by atoms with E-state index in [1.165, 1.54) is 11.6 Å². The summed E-state index contributed by atoms with van der Waals surface area (Å²) < 4.78 is 13.8. The van der Waals surface area contributed by atoms with E-state index in [9.17, 15) is 14.0 Å². The van der Waals surface area contributed by atoms with Crippen LogP contribution in [0.15, 0.2) is 78.9 Å². The number of hydrogen-bond donors (Lipinski definition) is 1. The lowest BCUT2D eigenvalue weighted by Crippen LogP contribution is -2.48. The van der Waals surface area contributed by atoms with Crippen molar-refractivity contribution in [1.82, 2.24) is 10.2 Å². The average Bonchev–Trinajstić information content (AvgIpc) is 2.86. The third-order valence-electron chi connectivity index (χ3n) is 6.34. The fourth-order valence-electron chi connectivity index (χ4n) is 4.50. The molecule has 0 bridgehead atoms. The molecule has 1 saturated heterocycles. The summed E-state index contributed by atoms with van der Waals surface area (Å²) in [7, 11) is 0. The van der Waals surface area contributed by atoms with Crippen molar-refractivity contribution in [3.05, 3.63) is 107 Å². The van der Waals surface area contributed by atoms with Gasteiger partial charge in [0.1, 0.15) is 5.82 Å². The number of nitrogens with one attached hydrogen (secondary N) is 1. The van der Waals surface area contributed by atoms with Gasteiger partial charge in [-0.25, -0.2) is 4.39 Å². The molecule has 33 heavy (non-hydrogen) atoms. The monoisotopic (exact) mass is 444 g/mol. The summed E-state index contributed by atoms with van der Waals surface area (Å²) in [6.07, 6.45) is 1.38. The van der Waals surface area contributed by atoms with Crippen LogP contribution in [0.1, 0.15) is 39.4 Å². The maximum atomic E-state index is 13.8. The molecule has 2 amide bonds. The molecule has 0 aliphatic carbocycles. The topological polar surface area (TPSA) is 49.4 Å². The minimum absolute atomic E-state index is 0.0319. The summed E-state index contributed by atoms with van der Waals surface area (Å²) >= 11 is 0. The van der Waals surface area contributed by atoms with E-state index in [-0.39, 0.29) is 29.5 Å². The van der Waals surface area contributed by atoms with Gasteiger partial charge in [0, 0.05) is 31.1 Å². The molecule has 3 aromatic carbocycles. The number of halogens is 1. The fraction of sp³-hybridized carbons (Fsp3) is 0.286. The average molecular weight is 445 g/mol. The Kier molecular flexibility index (Phi) is 7.18. The smallest absolute Gasteiger partial charge is 0.253 e. The second-order valence-corrected chi connectivity index (χ2v) is 8.74. The molecule has 1 aliphatic heterocycles. The maximum absolute atomic E-state index is 13.8. The van der Waals surface area contributed by atoms with Crippen LogP contribution in [-0.2, 0) is 11.2 Å². The lowest BCUT2D eigenvalue weighted by Gasteiger charge is -2.37. The Hall–Kier alpha value is -3.47.